The number of anilines is 2. The van der Waals surface area contributed by atoms with Crippen molar-refractivity contribution in [3.8, 4) is 5.75 Å². The van der Waals surface area contributed by atoms with Crippen LogP contribution in [0.4, 0.5) is 11.4 Å². The lowest BCUT2D eigenvalue weighted by molar-refractivity contribution is -0.114. The first kappa shape index (κ1) is 20.6. The molecule has 144 valence electrons. The molecule has 0 fully saturated rings. The predicted molar refractivity (Wildman–Crippen MR) is 107 cm³/mol. The summed E-state index contributed by atoms with van der Waals surface area (Å²) in [6.07, 6.45) is 1.82. The van der Waals surface area contributed by atoms with E-state index in [1.54, 1.807) is 42.5 Å². The molecule has 0 spiro atoms. The monoisotopic (exact) mass is 390 g/mol. The van der Waals surface area contributed by atoms with E-state index >= 15 is 0 Å². The molecule has 0 unspecified atom stereocenters. The minimum atomic E-state index is -0.346. The molecule has 2 rings (SSSR count). The number of nitrogens with one attached hydrogen (secondary N) is 2. The molecule has 0 saturated carbocycles. The Bertz CT molecular complexity index is 778. The Morgan fingerprint density at radius 1 is 1.11 bits per heavy atom. The van der Waals surface area contributed by atoms with Crippen LogP contribution in [0.5, 0.6) is 5.75 Å². The lowest BCUT2D eigenvalue weighted by Crippen LogP contribution is -2.22. The number of ether oxygens (including phenoxy) is 2. The standard InChI is InChI=1S/C20H23ClN2O4/c1-3-4-11-27-20(25)14-5-8-16(9-6-14)22-13-19(24)23-17-12-15(21)7-10-18(17)26-2/h5-10,12,22H,3-4,11,13H2,1-2H3,(H,23,24). The third-order valence-electron chi connectivity index (χ3n) is 3.74. The van der Waals surface area contributed by atoms with Crippen molar-refractivity contribution in [3.63, 3.8) is 0 Å². The lowest BCUT2D eigenvalue weighted by atomic mass is 10.2. The first-order valence-corrected chi connectivity index (χ1v) is 9.05. The van der Waals surface area contributed by atoms with Gasteiger partial charge in [-0.1, -0.05) is 24.9 Å². The number of halogens is 1. The van der Waals surface area contributed by atoms with Gasteiger partial charge >= 0.3 is 5.97 Å². The topological polar surface area (TPSA) is 76.7 Å². The Hall–Kier alpha value is -2.73. The Kier molecular flexibility index (Phi) is 7.95. The van der Waals surface area contributed by atoms with Gasteiger partial charge in [-0.15, -0.1) is 0 Å². The van der Waals surface area contributed by atoms with Gasteiger partial charge < -0.3 is 20.1 Å². The molecule has 0 bridgehead atoms. The Balaban J connectivity index is 1.86. The number of unbranched alkanes of at least 4 members (excludes halogenated alkanes) is 1. The van der Waals surface area contributed by atoms with Crippen LogP contribution >= 0.6 is 11.6 Å². The number of carbonyl (C=O) groups is 2. The molecule has 0 heterocycles. The summed E-state index contributed by atoms with van der Waals surface area (Å²) in [5.74, 6) is -0.0712. The molecule has 7 heteroatoms. The Morgan fingerprint density at radius 2 is 1.85 bits per heavy atom. The fraction of sp³-hybridized carbons (Fsp3) is 0.300. The predicted octanol–water partition coefficient (Wildman–Crippen LogP) is 4.36. The number of rotatable bonds is 9. The molecule has 0 aliphatic rings. The zero-order valence-corrected chi connectivity index (χ0v) is 16.1. The van der Waals surface area contributed by atoms with Gasteiger partial charge in [0.1, 0.15) is 5.75 Å². The van der Waals surface area contributed by atoms with Crippen LogP contribution in [-0.2, 0) is 9.53 Å². The van der Waals surface area contributed by atoms with Gasteiger partial charge in [0, 0.05) is 10.7 Å². The lowest BCUT2D eigenvalue weighted by Gasteiger charge is -2.11. The van der Waals surface area contributed by atoms with Crippen LogP contribution in [0.2, 0.25) is 5.02 Å². The van der Waals surface area contributed by atoms with Crippen molar-refractivity contribution in [2.45, 2.75) is 19.8 Å². The minimum absolute atomic E-state index is 0.0515. The summed E-state index contributed by atoms with van der Waals surface area (Å²) >= 11 is 5.95. The number of esters is 1. The van der Waals surface area contributed by atoms with E-state index in [0.29, 0.717) is 34.3 Å². The van der Waals surface area contributed by atoms with E-state index < -0.39 is 0 Å². The number of methoxy groups -OCH3 is 1. The van der Waals surface area contributed by atoms with Gasteiger partial charge in [-0.3, -0.25) is 4.79 Å². The molecule has 0 aromatic heterocycles. The fourth-order valence-electron chi connectivity index (χ4n) is 2.27. The van der Waals surface area contributed by atoms with Crippen LogP contribution in [0.15, 0.2) is 42.5 Å². The normalized spacial score (nSPS) is 10.2. The second-order valence-corrected chi connectivity index (χ2v) is 6.25. The van der Waals surface area contributed by atoms with Gasteiger partial charge in [0.25, 0.3) is 0 Å². The van der Waals surface area contributed by atoms with Crippen LogP contribution in [0.1, 0.15) is 30.1 Å². The molecule has 2 aromatic carbocycles. The average molecular weight is 391 g/mol. The molecule has 0 radical (unpaired) electrons. The van der Waals surface area contributed by atoms with E-state index in [-0.39, 0.29) is 18.4 Å². The highest BCUT2D eigenvalue weighted by atomic mass is 35.5. The van der Waals surface area contributed by atoms with E-state index in [9.17, 15) is 9.59 Å². The maximum atomic E-state index is 12.1. The van der Waals surface area contributed by atoms with Crippen molar-refractivity contribution in [2.75, 3.05) is 30.9 Å². The largest absolute Gasteiger partial charge is 0.495 e. The maximum Gasteiger partial charge on any atom is 0.338 e. The summed E-state index contributed by atoms with van der Waals surface area (Å²) in [5, 5.41) is 6.24. The molecule has 0 saturated heterocycles. The third kappa shape index (κ3) is 6.49. The Labute approximate surface area is 163 Å². The summed E-state index contributed by atoms with van der Waals surface area (Å²) in [6, 6.07) is 11.8. The van der Waals surface area contributed by atoms with E-state index in [4.69, 9.17) is 21.1 Å². The number of hydrogen-bond acceptors (Lipinski definition) is 5. The van der Waals surface area contributed by atoms with Gasteiger partial charge in [-0.05, 0) is 48.9 Å². The Morgan fingerprint density at radius 3 is 2.52 bits per heavy atom. The zero-order chi connectivity index (χ0) is 19.6. The summed E-state index contributed by atoms with van der Waals surface area (Å²) in [6.45, 7) is 2.51. The summed E-state index contributed by atoms with van der Waals surface area (Å²) < 4.78 is 10.4. The SMILES string of the molecule is CCCCOC(=O)c1ccc(NCC(=O)Nc2cc(Cl)ccc2OC)cc1. The van der Waals surface area contributed by atoms with E-state index in [1.165, 1.54) is 7.11 Å². The van der Waals surface area contributed by atoms with Crippen LogP contribution in [-0.4, -0.2) is 32.1 Å². The zero-order valence-electron chi connectivity index (χ0n) is 15.4. The highest BCUT2D eigenvalue weighted by Crippen LogP contribution is 2.27. The van der Waals surface area contributed by atoms with Crippen LogP contribution in [0.25, 0.3) is 0 Å². The second kappa shape index (κ2) is 10.4. The van der Waals surface area contributed by atoms with Gasteiger partial charge in [0.2, 0.25) is 5.91 Å². The first-order chi connectivity index (χ1) is 13.0. The van der Waals surface area contributed by atoms with Crippen molar-refractivity contribution in [1.29, 1.82) is 0 Å². The van der Waals surface area contributed by atoms with E-state index in [0.717, 1.165) is 12.8 Å². The highest BCUT2D eigenvalue weighted by Gasteiger charge is 2.09. The van der Waals surface area contributed by atoms with E-state index in [2.05, 4.69) is 10.6 Å². The molecular formula is C20H23ClN2O4. The number of carbonyl (C=O) groups excluding carboxylic acids is 2. The van der Waals surface area contributed by atoms with Gasteiger partial charge in [0.15, 0.2) is 0 Å². The summed E-state index contributed by atoms with van der Waals surface area (Å²) in [7, 11) is 1.52. The number of hydrogen-bond donors (Lipinski definition) is 2. The van der Waals surface area contributed by atoms with Gasteiger partial charge in [-0.25, -0.2) is 4.79 Å². The second-order valence-electron chi connectivity index (χ2n) is 5.81. The average Bonchev–Trinajstić information content (AvgIpc) is 2.67. The van der Waals surface area contributed by atoms with Gasteiger partial charge in [-0.2, -0.15) is 0 Å². The molecular weight excluding hydrogens is 368 g/mol. The van der Waals surface area contributed by atoms with Crippen molar-refractivity contribution < 1.29 is 19.1 Å². The van der Waals surface area contributed by atoms with Crippen molar-refractivity contribution in [2.24, 2.45) is 0 Å². The third-order valence-corrected chi connectivity index (χ3v) is 3.98. The first-order valence-electron chi connectivity index (χ1n) is 8.68. The summed E-state index contributed by atoms with van der Waals surface area (Å²) in [5.41, 5.74) is 1.69. The van der Waals surface area contributed by atoms with Crippen molar-refractivity contribution >= 4 is 34.9 Å². The van der Waals surface area contributed by atoms with Crippen LogP contribution < -0.4 is 15.4 Å². The minimum Gasteiger partial charge on any atom is -0.495 e. The molecule has 0 atom stereocenters. The van der Waals surface area contributed by atoms with Gasteiger partial charge in [0.05, 0.1) is 31.5 Å². The highest BCUT2D eigenvalue weighted by molar-refractivity contribution is 6.31. The maximum absolute atomic E-state index is 12.1. The molecule has 0 aliphatic carbocycles. The molecule has 2 aromatic rings. The molecule has 27 heavy (non-hydrogen) atoms. The van der Waals surface area contributed by atoms with E-state index in [1.807, 2.05) is 6.92 Å². The summed E-state index contributed by atoms with van der Waals surface area (Å²) in [4.78, 5) is 24.0. The number of amides is 1. The smallest absolute Gasteiger partial charge is 0.338 e. The molecule has 2 N–H and O–H groups in total. The van der Waals surface area contributed by atoms with Crippen molar-refractivity contribution in [3.05, 3.63) is 53.1 Å². The molecule has 0 aliphatic heterocycles. The fourth-order valence-corrected chi connectivity index (χ4v) is 2.44. The van der Waals surface area contributed by atoms with Crippen LogP contribution in [0, 0.1) is 0 Å². The number of benzene rings is 2. The van der Waals surface area contributed by atoms with Crippen molar-refractivity contribution in [1.82, 2.24) is 0 Å². The molecule has 1 amide bonds. The van der Waals surface area contributed by atoms with Crippen LogP contribution in [0.3, 0.4) is 0 Å². The molecule has 6 nitrogen and oxygen atoms in total. The quantitative estimate of drug-likeness (QED) is 0.491.